The molecule has 0 radical (unpaired) electrons. The van der Waals surface area contributed by atoms with Crippen LogP contribution in [-0.4, -0.2) is 26.6 Å². The van der Waals surface area contributed by atoms with Crippen LogP contribution in [0.3, 0.4) is 0 Å². The fraction of sp³-hybridized carbons (Fsp3) is 0.211. The lowest BCUT2D eigenvalue weighted by atomic mass is 10.2. The summed E-state index contributed by atoms with van der Waals surface area (Å²) in [4.78, 5) is 6.98. The lowest BCUT2D eigenvalue weighted by Gasteiger charge is -2.20. The van der Waals surface area contributed by atoms with Gasteiger partial charge in [0.25, 0.3) is 0 Å². The van der Waals surface area contributed by atoms with Crippen LogP contribution < -0.4 is 4.90 Å². The fourth-order valence-corrected chi connectivity index (χ4v) is 3.38. The largest absolute Gasteiger partial charge is 0.315 e. The number of nitrogens with zero attached hydrogens (tertiary/aromatic N) is 5. The molecule has 2 heterocycles. The van der Waals surface area contributed by atoms with Crippen LogP contribution in [0, 0.1) is 0 Å². The van der Waals surface area contributed by atoms with E-state index in [4.69, 9.17) is 16.6 Å². The summed E-state index contributed by atoms with van der Waals surface area (Å²) in [5, 5.41) is 10.6. The van der Waals surface area contributed by atoms with Crippen LogP contribution in [0.1, 0.15) is 24.6 Å². The van der Waals surface area contributed by atoms with Gasteiger partial charge < -0.3 is 4.90 Å². The van der Waals surface area contributed by atoms with Crippen molar-refractivity contribution in [3.8, 4) is 0 Å². The summed E-state index contributed by atoms with van der Waals surface area (Å²) in [7, 11) is 2.02. The summed E-state index contributed by atoms with van der Waals surface area (Å²) < 4.78 is 2.10. The number of fused-ring (bicyclic) bond motifs is 3. The van der Waals surface area contributed by atoms with Gasteiger partial charge in [0.15, 0.2) is 5.65 Å². The third-order valence-corrected chi connectivity index (χ3v) is 4.93. The van der Waals surface area contributed by atoms with Crippen molar-refractivity contribution in [2.24, 2.45) is 0 Å². The molecule has 124 valence electrons. The molecular formula is C19H16ClN5. The second-order valence-corrected chi connectivity index (χ2v) is 6.90. The second kappa shape index (κ2) is 5.43. The van der Waals surface area contributed by atoms with Crippen molar-refractivity contribution < 1.29 is 0 Å². The van der Waals surface area contributed by atoms with Gasteiger partial charge in [-0.3, -0.25) is 0 Å². The number of halogens is 1. The van der Waals surface area contributed by atoms with Crippen LogP contribution in [-0.2, 0) is 0 Å². The summed E-state index contributed by atoms with van der Waals surface area (Å²) in [5.74, 6) is 2.28. The second-order valence-electron chi connectivity index (χ2n) is 6.46. The highest BCUT2D eigenvalue weighted by molar-refractivity contribution is 6.31. The maximum Gasteiger partial charge on any atom is 0.217 e. The Morgan fingerprint density at radius 2 is 1.88 bits per heavy atom. The Hall–Kier alpha value is -2.66. The molecular weight excluding hydrogens is 334 g/mol. The van der Waals surface area contributed by atoms with Gasteiger partial charge in [-0.1, -0.05) is 29.8 Å². The highest BCUT2D eigenvalue weighted by Crippen LogP contribution is 2.41. The molecule has 25 heavy (non-hydrogen) atoms. The standard InChI is InChI=1S/C19H16ClN5/c1-24(14-5-3-2-4-6-14)19-21-16-11-13(20)9-10-15(16)18-23-22-17(25(18)19)12-7-8-12/h2-6,9-12H,7-8H2,1H3. The van der Waals surface area contributed by atoms with Crippen LogP contribution in [0.15, 0.2) is 48.5 Å². The van der Waals surface area contributed by atoms with Crippen molar-refractivity contribution in [1.82, 2.24) is 19.6 Å². The Kier molecular flexibility index (Phi) is 3.18. The average Bonchev–Trinajstić information content (AvgIpc) is 3.39. The van der Waals surface area contributed by atoms with E-state index in [0.29, 0.717) is 10.9 Å². The molecule has 0 N–H and O–H groups in total. The molecule has 0 aliphatic heterocycles. The lowest BCUT2D eigenvalue weighted by molar-refractivity contribution is 0.876. The van der Waals surface area contributed by atoms with Crippen molar-refractivity contribution in [2.75, 3.05) is 11.9 Å². The number of para-hydroxylation sites is 1. The van der Waals surface area contributed by atoms with Gasteiger partial charge in [-0.25, -0.2) is 9.38 Å². The minimum atomic E-state index is 0.476. The summed E-state index contributed by atoms with van der Waals surface area (Å²) in [6.45, 7) is 0. The highest BCUT2D eigenvalue weighted by Gasteiger charge is 2.31. The van der Waals surface area contributed by atoms with Gasteiger partial charge in [0.1, 0.15) is 5.82 Å². The zero-order valence-corrected chi connectivity index (χ0v) is 14.5. The molecule has 1 aliphatic rings. The monoisotopic (exact) mass is 349 g/mol. The Morgan fingerprint density at radius 3 is 2.64 bits per heavy atom. The maximum atomic E-state index is 6.19. The maximum absolute atomic E-state index is 6.19. The summed E-state index contributed by atoms with van der Waals surface area (Å²) >= 11 is 6.19. The van der Waals surface area contributed by atoms with Crippen LogP contribution in [0.4, 0.5) is 11.6 Å². The molecule has 4 aromatic rings. The zero-order chi connectivity index (χ0) is 17.0. The molecule has 0 amide bonds. The molecule has 2 aromatic heterocycles. The number of aromatic nitrogens is 4. The van der Waals surface area contributed by atoms with Gasteiger partial charge in [-0.05, 0) is 43.2 Å². The van der Waals surface area contributed by atoms with Crippen LogP contribution >= 0.6 is 11.6 Å². The predicted octanol–water partition coefficient (Wildman–Crippen LogP) is 4.58. The first-order valence-corrected chi connectivity index (χ1v) is 8.73. The molecule has 5 rings (SSSR count). The van der Waals surface area contributed by atoms with E-state index in [1.807, 2.05) is 43.4 Å². The van der Waals surface area contributed by atoms with Crippen molar-refractivity contribution in [3.63, 3.8) is 0 Å². The smallest absolute Gasteiger partial charge is 0.217 e. The average molecular weight is 350 g/mol. The molecule has 0 atom stereocenters. The van der Waals surface area contributed by atoms with E-state index in [1.165, 1.54) is 0 Å². The number of hydrogen-bond acceptors (Lipinski definition) is 4. The van der Waals surface area contributed by atoms with E-state index in [2.05, 4.69) is 31.6 Å². The van der Waals surface area contributed by atoms with Crippen molar-refractivity contribution in [3.05, 3.63) is 59.4 Å². The molecule has 0 unspecified atom stereocenters. The summed E-state index contributed by atoms with van der Waals surface area (Å²) in [6.07, 6.45) is 2.32. The first-order valence-electron chi connectivity index (χ1n) is 8.35. The van der Waals surface area contributed by atoms with Gasteiger partial charge in [0.05, 0.1) is 5.52 Å². The van der Waals surface area contributed by atoms with E-state index in [1.54, 1.807) is 0 Å². The van der Waals surface area contributed by atoms with Crippen molar-refractivity contribution in [1.29, 1.82) is 0 Å². The van der Waals surface area contributed by atoms with E-state index in [-0.39, 0.29) is 0 Å². The summed E-state index contributed by atoms with van der Waals surface area (Å²) in [6, 6.07) is 15.9. The number of rotatable bonds is 3. The molecule has 1 aliphatic carbocycles. The molecule has 5 nitrogen and oxygen atoms in total. The van der Waals surface area contributed by atoms with E-state index in [9.17, 15) is 0 Å². The molecule has 2 aromatic carbocycles. The minimum Gasteiger partial charge on any atom is -0.315 e. The first-order chi connectivity index (χ1) is 12.2. The van der Waals surface area contributed by atoms with Crippen molar-refractivity contribution >= 4 is 39.8 Å². The van der Waals surface area contributed by atoms with Gasteiger partial charge in [0.2, 0.25) is 5.95 Å². The summed E-state index contributed by atoms with van der Waals surface area (Å²) in [5.41, 5.74) is 2.72. The minimum absolute atomic E-state index is 0.476. The zero-order valence-electron chi connectivity index (χ0n) is 13.7. The highest BCUT2D eigenvalue weighted by atomic mass is 35.5. The molecule has 0 saturated heterocycles. The third kappa shape index (κ3) is 2.35. The quantitative estimate of drug-likeness (QED) is 0.543. The Bertz CT molecular complexity index is 1090. The Labute approximate surface area is 149 Å². The van der Waals surface area contributed by atoms with Gasteiger partial charge in [0, 0.05) is 29.1 Å². The molecule has 6 heteroatoms. The Balaban J connectivity index is 1.83. The van der Waals surface area contributed by atoms with Crippen LogP contribution in [0.5, 0.6) is 0 Å². The first kappa shape index (κ1) is 14.7. The van der Waals surface area contributed by atoms with Crippen LogP contribution in [0.25, 0.3) is 16.6 Å². The van der Waals surface area contributed by atoms with E-state index in [0.717, 1.165) is 46.9 Å². The van der Waals surface area contributed by atoms with Crippen LogP contribution in [0.2, 0.25) is 5.02 Å². The van der Waals surface area contributed by atoms with Gasteiger partial charge in [-0.15, -0.1) is 10.2 Å². The molecule has 0 spiro atoms. The van der Waals surface area contributed by atoms with Gasteiger partial charge >= 0.3 is 0 Å². The number of benzene rings is 2. The Morgan fingerprint density at radius 1 is 1.08 bits per heavy atom. The number of hydrogen-bond donors (Lipinski definition) is 0. The van der Waals surface area contributed by atoms with E-state index < -0.39 is 0 Å². The SMILES string of the molecule is CN(c1ccccc1)c1nc2cc(Cl)ccc2c2nnc(C3CC3)n12. The van der Waals surface area contributed by atoms with Gasteiger partial charge in [-0.2, -0.15) is 0 Å². The normalized spacial score (nSPS) is 14.3. The van der Waals surface area contributed by atoms with Crippen molar-refractivity contribution in [2.45, 2.75) is 18.8 Å². The molecule has 0 bridgehead atoms. The molecule has 1 saturated carbocycles. The predicted molar refractivity (Wildman–Crippen MR) is 99.8 cm³/mol. The lowest BCUT2D eigenvalue weighted by Crippen LogP contribution is -2.16. The molecule has 1 fully saturated rings. The number of anilines is 2. The fourth-order valence-electron chi connectivity index (χ4n) is 3.21. The van der Waals surface area contributed by atoms with E-state index >= 15 is 0 Å². The third-order valence-electron chi connectivity index (χ3n) is 4.70. The topological polar surface area (TPSA) is 46.3 Å².